The summed E-state index contributed by atoms with van der Waals surface area (Å²) in [5.41, 5.74) is -0.684. The van der Waals surface area contributed by atoms with Crippen LogP contribution in [0, 0.1) is 17.6 Å². The highest BCUT2D eigenvalue weighted by molar-refractivity contribution is 5.94. The normalized spacial score (nSPS) is 11.5. The molecule has 1 aromatic carbocycles. The molecule has 1 aromatic rings. The highest BCUT2D eigenvalue weighted by Crippen LogP contribution is 2.11. The smallest absolute Gasteiger partial charge is 0.317 e. The highest BCUT2D eigenvalue weighted by atomic mass is 19.1. The van der Waals surface area contributed by atoms with Crippen molar-refractivity contribution in [3.05, 3.63) is 35.4 Å². The van der Waals surface area contributed by atoms with Crippen LogP contribution in [0.5, 0.6) is 0 Å². The van der Waals surface area contributed by atoms with E-state index in [1.807, 2.05) is 0 Å². The lowest BCUT2D eigenvalue weighted by Crippen LogP contribution is -2.43. The van der Waals surface area contributed by atoms with Gasteiger partial charge in [0.05, 0.1) is 5.92 Å². The SMILES string of the molecule is CC(CN(C)C(=O)NCCNC(=O)c1c(F)cccc1F)C(=O)O. The van der Waals surface area contributed by atoms with Crippen LogP contribution in [0.4, 0.5) is 13.6 Å². The molecule has 0 radical (unpaired) electrons. The van der Waals surface area contributed by atoms with E-state index in [9.17, 15) is 23.2 Å². The Balaban J connectivity index is 2.39. The molecule has 9 heteroatoms. The van der Waals surface area contributed by atoms with Gasteiger partial charge in [0.15, 0.2) is 0 Å². The molecule has 0 saturated heterocycles. The number of amides is 3. The van der Waals surface area contributed by atoms with E-state index in [4.69, 9.17) is 5.11 Å². The average Bonchev–Trinajstić information content (AvgIpc) is 2.50. The number of benzene rings is 1. The predicted octanol–water partition coefficient (Wildman–Crippen LogP) is 1.06. The maximum atomic E-state index is 13.4. The lowest BCUT2D eigenvalue weighted by molar-refractivity contribution is -0.141. The second kappa shape index (κ2) is 8.80. The molecule has 3 amide bonds. The molecule has 0 heterocycles. The molecular formula is C15H19F2N3O4. The number of hydrogen-bond donors (Lipinski definition) is 3. The fourth-order valence-corrected chi connectivity index (χ4v) is 1.86. The first kappa shape index (κ1) is 19.3. The fourth-order valence-electron chi connectivity index (χ4n) is 1.86. The van der Waals surface area contributed by atoms with Gasteiger partial charge >= 0.3 is 12.0 Å². The van der Waals surface area contributed by atoms with E-state index in [0.717, 1.165) is 18.2 Å². The molecule has 0 aliphatic heterocycles. The minimum atomic E-state index is -1.02. The van der Waals surface area contributed by atoms with Crippen molar-refractivity contribution in [3.8, 4) is 0 Å². The molecular weight excluding hydrogens is 324 g/mol. The molecule has 0 fully saturated rings. The molecule has 24 heavy (non-hydrogen) atoms. The summed E-state index contributed by atoms with van der Waals surface area (Å²) >= 11 is 0. The van der Waals surface area contributed by atoms with Crippen LogP contribution < -0.4 is 10.6 Å². The van der Waals surface area contributed by atoms with Crippen LogP contribution in [0.2, 0.25) is 0 Å². The van der Waals surface area contributed by atoms with Crippen molar-refractivity contribution in [1.82, 2.24) is 15.5 Å². The molecule has 3 N–H and O–H groups in total. The second-order valence-electron chi connectivity index (χ2n) is 5.20. The third-order valence-corrected chi connectivity index (χ3v) is 3.19. The van der Waals surface area contributed by atoms with E-state index < -0.39 is 41.0 Å². The first-order chi connectivity index (χ1) is 11.2. The number of nitrogens with zero attached hydrogens (tertiary/aromatic N) is 1. The topological polar surface area (TPSA) is 98.7 Å². The fraction of sp³-hybridized carbons (Fsp3) is 0.400. The van der Waals surface area contributed by atoms with Gasteiger partial charge in [0.2, 0.25) is 0 Å². The van der Waals surface area contributed by atoms with Gasteiger partial charge in [0, 0.05) is 26.7 Å². The third kappa shape index (κ3) is 5.49. The van der Waals surface area contributed by atoms with Crippen LogP contribution in [0.25, 0.3) is 0 Å². The van der Waals surface area contributed by atoms with Gasteiger partial charge in [-0.05, 0) is 12.1 Å². The number of carbonyl (C=O) groups excluding carboxylic acids is 2. The van der Waals surface area contributed by atoms with Crippen molar-refractivity contribution in [3.63, 3.8) is 0 Å². The van der Waals surface area contributed by atoms with Gasteiger partial charge in [-0.25, -0.2) is 13.6 Å². The largest absolute Gasteiger partial charge is 0.481 e. The van der Waals surface area contributed by atoms with E-state index in [2.05, 4.69) is 10.6 Å². The van der Waals surface area contributed by atoms with Gasteiger partial charge in [-0.2, -0.15) is 0 Å². The van der Waals surface area contributed by atoms with Gasteiger partial charge in [-0.15, -0.1) is 0 Å². The molecule has 0 aromatic heterocycles. The highest BCUT2D eigenvalue weighted by Gasteiger charge is 2.18. The van der Waals surface area contributed by atoms with Gasteiger partial charge in [0.25, 0.3) is 5.91 Å². The Morgan fingerprint density at radius 1 is 1.17 bits per heavy atom. The van der Waals surface area contributed by atoms with Crippen LogP contribution >= 0.6 is 0 Å². The molecule has 1 rings (SSSR count). The number of nitrogens with one attached hydrogen (secondary N) is 2. The Morgan fingerprint density at radius 3 is 2.25 bits per heavy atom. The van der Waals surface area contributed by atoms with Crippen molar-refractivity contribution in [2.24, 2.45) is 5.92 Å². The zero-order valence-electron chi connectivity index (χ0n) is 13.3. The Morgan fingerprint density at radius 2 is 1.71 bits per heavy atom. The zero-order valence-corrected chi connectivity index (χ0v) is 13.3. The molecule has 0 bridgehead atoms. The molecule has 0 saturated carbocycles. The quantitative estimate of drug-likeness (QED) is 0.645. The van der Waals surface area contributed by atoms with Gasteiger partial charge in [-0.3, -0.25) is 9.59 Å². The van der Waals surface area contributed by atoms with Crippen molar-refractivity contribution < 1.29 is 28.3 Å². The number of hydrogen-bond acceptors (Lipinski definition) is 3. The zero-order chi connectivity index (χ0) is 18.3. The van der Waals surface area contributed by atoms with Crippen LogP contribution in [-0.2, 0) is 4.79 Å². The summed E-state index contributed by atoms with van der Waals surface area (Å²) in [5, 5.41) is 13.5. The number of carboxylic acid groups (broad SMARTS) is 1. The number of carboxylic acids is 1. The van der Waals surface area contributed by atoms with Crippen molar-refractivity contribution >= 4 is 17.9 Å². The minimum absolute atomic E-state index is 0.0203. The van der Waals surface area contributed by atoms with E-state index >= 15 is 0 Å². The lowest BCUT2D eigenvalue weighted by Gasteiger charge is -2.20. The molecule has 1 unspecified atom stereocenters. The first-order valence-electron chi connectivity index (χ1n) is 7.18. The summed E-state index contributed by atoms with van der Waals surface area (Å²) in [6.07, 6.45) is 0. The van der Waals surface area contributed by atoms with E-state index in [1.165, 1.54) is 18.9 Å². The first-order valence-corrected chi connectivity index (χ1v) is 7.18. The van der Waals surface area contributed by atoms with Crippen LogP contribution in [0.1, 0.15) is 17.3 Å². The summed E-state index contributed by atoms with van der Waals surface area (Å²) < 4.78 is 26.8. The van der Waals surface area contributed by atoms with Crippen LogP contribution in [-0.4, -0.2) is 54.6 Å². The summed E-state index contributed by atoms with van der Waals surface area (Å²) in [5.74, 6) is -4.61. The molecule has 7 nitrogen and oxygen atoms in total. The number of urea groups is 1. The monoisotopic (exact) mass is 343 g/mol. The summed E-state index contributed by atoms with van der Waals surface area (Å²) in [7, 11) is 1.43. The second-order valence-corrected chi connectivity index (χ2v) is 5.20. The minimum Gasteiger partial charge on any atom is -0.481 e. The van der Waals surface area contributed by atoms with E-state index in [-0.39, 0.29) is 19.6 Å². The number of rotatable bonds is 7. The Kier molecular flexibility index (Phi) is 7.09. The van der Waals surface area contributed by atoms with Gasteiger partial charge in [0.1, 0.15) is 17.2 Å². The van der Waals surface area contributed by atoms with E-state index in [1.54, 1.807) is 0 Å². The predicted molar refractivity (Wildman–Crippen MR) is 81.5 cm³/mol. The number of carbonyl (C=O) groups is 3. The maximum absolute atomic E-state index is 13.4. The van der Waals surface area contributed by atoms with Crippen molar-refractivity contribution in [1.29, 1.82) is 0 Å². The summed E-state index contributed by atoms with van der Waals surface area (Å²) in [4.78, 5) is 35.3. The average molecular weight is 343 g/mol. The van der Waals surface area contributed by atoms with Crippen LogP contribution in [0.15, 0.2) is 18.2 Å². The Bertz CT molecular complexity index is 604. The molecule has 1 atom stereocenters. The van der Waals surface area contributed by atoms with Crippen molar-refractivity contribution in [2.75, 3.05) is 26.7 Å². The molecule has 0 aliphatic carbocycles. The maximum Gasteiger partial charge on any atom is 0.317 e. The van der Waals surface area contributed by atoms with Crippen molar-refractivity contribution in [2.45, 2.75) is 6.92 Å². The Hall–Kier alpha value is -2.71. The van der Waals surface area contributed by atoms with Gasteiger partial charge < -0.3 is 20.6 Å². The lowest BCUT2D eigenvalue weighted by atomic mass is 10.2. The van der Waals surface area contributed by atoms with Gasteiger partial charge in [-0.1, -0.05) is 13.0 Å². The Labute approximate surface area is 137 Å². The molecule has 0 spiro atoms. The number of halogens is 2. The molecule has 0 aliphatic rings. The summed E-state index contributed by atoms with van der Waals surface area (Å²) in [6.45, 7) is 1.47. The number of aliphatic carboxylic acids is 1. The van der Waals surface area contributed by atoms with Crippen LogP contribution in [0.3, 0.4) is 0 Å². The summed E-state index contributed by atoms with van der Waals surface area (Å²) in [6, 6.07) is 2.57. The standard InChI is InChI=1S/C15H19F2N3O4/c1-9(14(22)23)8-20(2)15(24)19-7-6-18-13(21)12-10(16)4-3-5-11(12)17/h3-5,9H,6-8H2,1-2H3,(H,18,21)(H,19,24)(H,22,23). The molecule has 132 valence electrons. The third-order valence-electron chi connectivity index (χ3n) is 3.19. The van der Waals surface area contributed by atoms with E-state index in [0.29, 0.717) is 0 Å².